The zero-order valence-electron chi connectivity index (χ0n) is 12.5. The van der Waals surface area contributed by atoms with Crippen LogP contribution in [0, 0.1) is 0 Å². The van der Waals surface area contributed by atoms with Gasteiger partial charge in [-0.15, -0.1) is 0 Å². The van der Waals surface area contributed by atoms with Crippen molar-refractivity contribution in [3.05, 3.63) is 23.5 Å². The average molecular weight is 295 g/mol. The van der Waals surface area contributed by atoms with Crippen LogP contribution >= 0.6 is 0 Å². The molecule has 0 aliphatic heterocycles. The van der Waals surface area contributed by atoms with Crippen molar-refractivity contribution in [1.29, 1.82) is 0 Å². The quantitative estimate of drug-likeness (QED) is 0.714. The number of pyridine rings is 1. The van der Waals surface area contributed by atoms with Crippen molar-refractivity contribution in [2.24, 2.45) is 0 Å². The predicted octanol–water partition coefficient (Wildman–Crippen LogP) is 1.82. The first-order valence-electron chi connectivity index (χ1n) is 6.63. The number of anilines is 1. The van der Waals surface area contributed by atoms with Crippen molar-refractivity contribution in [3.63, 3.8) is 0 Å². The summed E-state index contributed by atoms with van der Waals surface area (Å²) >= 11 is 0. The summed E-state index contributed by atoms with van der Waals surface area (Å²) in [5.41, 5.74) is 5.83. The van der Waals surface area contributed by atoms with Crippen LogP contribution in [-0.2, 0) is 11.2 Å². The standard InChI is InChI=1S/C14H21N3O4/c1-14(2,3)21-13(20)17-6-4-5-9-7-16-8-10(15)11(9)12(18)19/h7-8H,4-6,15H2,1-3H3,(H,17,20)(H,18,19). The number of rotatable bonds is 5. The molecule has 0 saturated carbocycles. The molecule has 1 aromatic rings. The Morgan fingerprint density at radius 2 is 2.05 bits per heavy atom. The van der Waals surface area contributed by atoms with Crippen molar-refractivity contribution in [1.82, 2.24) is 10.3 Å². The van der Waals surface area contributed by atoms with Gasteiger partial charge in [-0.1, -0.05) is 0 Å². The number of nitrogens with two attached hydrogens (primary N) is 1. The zero-order valence-corrected chi connectivity index (χ0v) is 12.5. The van der Waals surface area contributed by atoms with Crippen LogP contribution in [0.4, 0.5) is 10.5 Å². The van der Waals surface area contributed by atoms with Gasteiger partial charge in [0.1, 0.15) is 5.60 Å². The highest BCUT2D eigenvalue weighted by molar-refractivity contribution is 5.94. The smallest absolute Gasteiger partial charge is 0.407 e. The highest BCUT2D eigenvalue weighted by Gasteiger charge is 2.16. The summed E-state index contributed by atoms with van der Waals surface area (Å²) < 4.78 is 5.09. The molecule has 1 aromatic heterocycles. The van der Waals surface area contributed by atoms with E-state index < -0.39 is 17.7 Å². The molecular weight excluding hydrogens is 274 g/mol. The molecule has 0 radical (unpaired) electrons. The van der Waals surface area contributed by atoms with Crippen LogP contribution in [0.2, 0.25) is 0 Å². The van der Waals surface area contributed by atoms with Crippen molar-refractivity contribution in [2.45, 2.75) is 39.2 Å². The highest BCUT2D eigenvalue weighted by atomic mass is 16.6. The van der Waals surface area contributed by atoms with E-state index >= 15 is 0 Å². The van der Waals surface area contributed by atoms with E-state index in [2.05, 4.69) is 10.3 Å². The lowest BCUT2D eigenvalue weighted by atomic mass is 10.0. The second-order valence-electron chi connectivity index (χ2n) is 5.60. The number of nitrogens with zero attached hydrogens (tertiary/aromatic N) is 1. The number of aromatic carboxylic acids is 1. The fraction of sp³-hybridized carbons (Fsp3) is 0.500. The lowest BCUT2D eigenvalue weighted by Crippen LogP contribution is -2.33. The number of aryl methyl sites for hydroxylation is 1. The lowest BCUT2D eigenvalue weighted by molar-refractivity contribution is 0.0526. The van der Waals surface area contributed by atoms with Crippen LogP contribution in [0.3, 0.4) is 0 Å². The molecule has 1 heterocycles. The molecule has 0 unspecified atom stereocenters. The molecule has 0 atom stereocenters. The van der Waals surface area contributed by atoms with Crippen molar-refractivity contribution < 1.29 is 19.4 Å². The Morgan fingerprint density at radius 1 is 1.38 bits per heavy atom. The first kappa shape index (κ1) is 16.7. The monoisotopic (exact) mass is 295 g/mol. The fourth-order valence-electron chi connectivity index (χ4n) is 1.76. The minimum atomic E-state index is -1.08. The second kappa shape index (κ2) is 6.92. The van der Waals surface area contributed by atoms with Crippen molar-refractivity contribution in [3.8, 4) is 0 Å². The molecule has 0 saturated heterocycles. The number of carbonyl (C=O) groups excluding carboxylic acids is 1. The maximum atomic E-state index is 11.4. The van der Waals surface area contributed by atoms with Gasteiger partial charge in [0.15, 0.2) is 0 Å². The Balaban J connectivity index is 2.49. The van der Waals surface area contributed by atoms with Gasteiger partial charge in [0.25, 0.3) is 0 Å². The number of hydrogen-bond donors (Lipinski definition) is 3. The van der Waals surface area contributed by atoms with Gasteiger partial charge in [-0.25, -0.2) is 9.59 Å². The first-order chi connectivity index (χ1) is 9.70. The van der Waals surface area contributed by atoms with Crippen LogP contribution in [0.15, 0.2) is 12.4 Å². The normalized spacial score (nSPS) is 11.0. The Hall–Kier alpha value is -2.31. The summed E-state index contributed by atoms with van der Waals surface area (Å²) in [5.74, 6) is -1.08. The van der Waals surface area contributed by atoms with E-state index in [0.29, 0.717) is 24.9 Å². The summed E-state index contributed by atoms with van der Waals surface area (Å²) in [6.07, 6.45) is 3.31. The molecule has 116 valence electrons. The van der Waals surface area contributed by atoms with Crippen LogP contribution in [0.1, 0.15) is 43.1 Å². The van der Waals surface area contributed by atoms with E-state index in [0.717, 1.165) is 0 Å². The number of alkyl carbamates (subject to hydrolysis) is 1. The van der Waals surface area contributed by atoms with Crippen molar-refractivity contribution >= 4 is 17.7 Å². The average Bonchev–Trinajstić information content (AvgIpc) is 2.32. The third-order valence-electron chi connectivity index (χ3n) is 2.56. The van der Waals surface area contributed by atoms with E-state index in [-0.39, 0.29) is 11.3 Å². The maximum absolute atomic E-state index is 11.4. The second-order valence-corrected chi connectivity index (χ2v) is 5.60. The molecule has 1 rings (SSSR count). The zero-order chi connectivity index (χ0) is 16.0. The maximum Gasteiger partial charge on any atom is 0.407 e. The Morgan fingerprint density at radius 3 is 2.62 bits per heavy atom. The summed E-state index contributed by atoms with van der Waals surface area (Å²) in [4.78, 5) is 26.5. The van der Waals surface area contributed by atoms with Gasteiger partial charge >= 0.3 is 12.1 Å². The predicted molar refractivity (Wildman–Crippen MR) is 78.2 cm³/mol. The SMILES string of the molecule is CC(C)(C)OC(=O)NCCCc1cncc(N)c1C(=O)O. The molecule has 7 nitrogen and oxygen atoms in total. The van der Waals surface area contributed by atoms with E-state index in [1.165, 1.54) is 12.4 Å². The number of carboxylic acids is 1. The third-order valence-corrected chi connectivity index (χ3v) is 2.56. The Kier molecular flexibility index (Phi) is 5.52. The Bertz CT molecular complexity index is 523. The molecule has 1 amide bonds. The van der Waals surface area contributed by atoms with Gasteiger partial charge in [-0.2, -0.15) is 0 Å². The summed E-state index contributed by atoms with van der Waals surface area (Å²) in [7, 11) is 0. The number of ether oxygens (including phenoxy) is 1. The van der Waals surface area contributed by atoms with Gasteiger partial charge < -0.3 is 20.9 Å². The van der Waals surface area contributed by atoms with Crippen LogP contribution in [0.25, 0.3) is 0 Å². The van der Waals surface area contributed by atoms with Crippen LogP contribution < -0.4 is 11.1 Å². The number of carboxylic acid groups (broad SMARTS) is 1. The van der Waals surface area contributed by atoms with Gasteiger partial charge in [-0.05, 0) is 39.2 Å². The van der Waals surface area contributed by atoms with Crippen LogP contribution in [0.5, 0.6) is 0 Å². The molecule has 0 fully saturated rings. The molecule has 0 aromatic carbocycles. The number of hydrogen-bond acceptors (Lipinski definition) is 5. The number of nitrogen functional groups attached to an aromatic ring is 1. The summed E-state index contributed by atoms with van der Waals surface area (Å²) in [6, 6.07) is 0. The number of carbonyl (C=O) groups is 2. The van der Waals surface area contributed by atoms with E-state index in [1.807, 2.05) is 0 Å². The fourth-order valence-corrected chi connectivity index (χ4v) is 1.76. The lowest BCUT2D eigenvalue weighted by Gasteiger charge is -2.19. The number of amides is 1. The van der Waals surface area contributed by atoms with Gasteiger partial charge in [0.2, 0.25) is 0 Å². The largest absolute Gasteiger partial charge is 0.478 e. The van der Waals surface area contributed by atoms with E-state index in [1.54, 1.807) is 20.8 Å². The molecule has 0 bridgehead atoms. The number of aromatic nitrogens is 1. The molecule has 21 heavy (non-hydrogen) atoms. The van der Waals surface area contributed by atoms with Crippen LogP contribution in [-0.4, -0.2) is 34.3 Å². The van der Waals surface area contributed by atoms with Crippen molar-refractivity contribution in [2.75, 3.05) is 12.3 Å². The third kappa shape index (κ3) is 5.68. The minimum absolute atomic E-state index is 0.0715. The van der Waals surface area contributed by atoms with E-state index in [4.69, 9.17) is 15.6 Å². The number of nitrogens with one attached hydrogen (secondary N) is 1. The molecule has 0 aliphatic rings. The van der Waals surface area contributed by atoms with Gasteiger partial charge in [0.05, 0.1) is 17.4 Å². The summed E-state index contributed by atoms with van der Waals surface area (Å²) in [6.45, 7) is 5.72. The summed E-state index contributed by atoms with van der Waals surface area (Å²) in [5, 5.41) is 11.7. The van der Waals surface area contributed by atoms with Gasteiger partial charge in [0, 0.05) is 12.7 Å². The topological polar surface area (TPSA) is 115 Å². The molecule has 0 spiro atoms. The Labute approximate surface area is 123 Å². The molecule has 4 N–H and O–H groups in total. The van der Waals surface area contributed by atoms with Gasteiger partial charge in [-0.3, -0.25) is 4.98 Å². The highest BCUT2D eigenvalue weighted by Crippen LogP contribution is 2.16. The van der Waals surface area contributed by atoms with E-state index in [9.17, 15) is 9.59 Å². The molecule has 0 aliphatic carbocycles. The molecular formula is C14H21N3O4. The first-order valence-corrected chi connectivity index (χ1v) is 6.63. The molecule has 7 heteroatoms. The minimum Gasteiger partial charge on any atom is -0.478 e.